The van der Waals surface area contributed by atoms with Gasteiger partial charge in [-0.1, -0.05) is 12.2 Å². The SMILES string of the molecule is Oc1nc(O)c2nc(C3=CC=CCN3)c(-c3cccnc3)nc2n1. The van der Waals surface area contributed by atoms with Gasteiger partial charge in [0.1, 0.15) is 11.4 Å². The maximum absolute atomic E-state index is 9.96. The number of nitrogens with zero attached hydrogens (tertiary/aromatic N) is 5. The molecule has 1 aliphatic heterocycles. The molecule has 3 aromatic rings. The number of allylic oxidation sites excluding steroid dienone is 2. The Hall–Kier alpha value is -3.55. The minimum Gasteiger partial charge on any atom is -0.492 e. The van der Waals surface area contributed by atoms with Gasteiger partial charge < -0.3 is 15.5 Å². The number of hydrogen-bond acceptors (Lipinski definition) is 8. The molecule has 8 heteroatoms. The van der Waals surface area contributed by atoms with Gasteiger partial charge >= 0.3 is 6.01 Å². The topological polar surface area (TPSA) is 117 Å². The smallest absolute Gasteiger partial charge is 0.319 e. The summed E-state index contributed by atoms with van der Waals surface area (Å²) in [7, 11) is 0. The lowest BCUT2D eigenvalue weighted by Gasteiger charge is -2.15. The van der Waals surface area contributed by atoms with Crippen molar-refractivity contribution in [3.8, 4) is 23.1 Å². The quantitative estimate of drug-likeness (QED) is 0.648. The third-order valence-corrected chi connectivity index (χ3v) is 3.50. The highest BCUT2D eigenvalue weighted by Crippen LogP contribution is 2.29. The van der Waals surface area contributed by atoms with Crippen molar-refractivity contribution in [3.63, 3.8) is 0 Å². The fraction of sp³-hybridized carbons (Fsp3) is 0.0625. The van der Waals surface area contributed by atoms with Crippen LogP contribution in [0.15, 0.2) is 42.8 Å². The van der Waals surface area contributed by atoms with E-state index in [0.717, 1.165) is 11.3 Å². The van der Waals surface area contributed by atoms with Crippen LogP contribution in [-0.2, 0) is 0 Å². The lowest BCUT2D eigenvalue weighted by atomic mass is 10.1. The van der Waals surface area contributed by atoms with Crippen LogP contribution in [0.3, 0.4) is 0 Å². The zero-order chi connectivity index (χ0) is 16.5. The molecule has 0 atom stereocenters. The molecule has 0 spiro atoms. The molecule has 0 aliphatic carbocycles. The molecule has 1 aliphatic rings. The van der Waals surface area contributed by atoms with E-state index in [2.05, 4.69) is 30.2 Å². The van der Waals surface area contributed by atoms with E-state index in [9.17, 15) is 10.2 Å². The molecule has 24 heavy (non-hydrogen) atoms. The van der Waals surface area contributed by atoms with E-state index in [1.165, 1.54) is 0 Å². The molecule has 0 radical (unpaired) electrons. The third kappa shape index (κ3) is 2.39. The summed E-state index contributed by atoms with van der Waals surface area (Å²) in [6.45, 7) is 0.663. The summed E-state index contributed by atoms with van der Waals surface area (Å²) >= 11 is 0. The Balaban J connectivity index is 2.03. The summed E-state index contributed by atoms with van der Waals surface area (Å²) in [4.78, 5) is 20.4. The highest BCUT2D eigenvalue weighted by atomic mass is 16.3. The number of aromatic nitrogens is 5. The van der Waals surface area contributed by atoms with Gasteiger partial charge in [0.05, 0.1) is 5.70 Å². The number of dihydropyridines is 1. The maximum atomic E-state index is 9.96. The van der Waals surface area contributed by atoms with Crippen molar-refractivity contribution in [2.75, 3.05) is 6.54 Å². The van der Waals surface area contributed by atoms with Gasteiger partial charge in [-0.2, -0.15) is 9.97 Å². The highest BCUT2D eigenvalue weighted by Gasteiger charge is 2.19. The second kappa shape index (κ2) is 5.58. The molecule has 0 saturated heterocycles. The minimum absolute atomic E-state index is 0.106. The summed E-state index contributed by atoms with van der Waals surface area (Å²) < 4.78 is 0. The Labute approximate surface area is 136 Å². The first-order chi connectivity index (χ1) is 11.7. The summed E-state index contributed by atoms with van der Waals surface area (Å²) in [5.41, 5.74) is 2.82. The molecule has 0 bridgehead atoms. The molecule has 4 heterocycles. The highest BCUT2D eigenvalue weighted by molar-refractivity contribution is 5.85. The molecule has 3 N–H and O–H groups in total. The van der Waals surface area contributed by atoms with Crippen molar-refractivity contribution in [1.29, 1.82) is 0 Å². The molecule has 0 amide bonds. The van der Waals surface area contributed by atoms with E-state index >= 15 is 0 Å². The molecule has 118 valence electrons. The normalized spacial score (nSPS) is 13.6. The predicted molar refractivity (Wildman–Crippen MR) is 86.8 cm³/mol. The van der Waals surface area contributed by atoms with Crippen molar-refractivity contribution in [2.45, 2.75) is 0 Å². The number of pyridine rings is 1. The van der Waals surface area contributed by atoms with Crippen molar-refractivity contribution < 1.29 is 10.2 Å². The van der Waals surface area contributed by atoms with Crippen LogP contribution >= 0.6 is 0 Å². The van der Waals surface area contributed by atoms with E-state index < -0.39 is 11.9 Å². The molecule has 0 unspecified atom stereocenters. The van der Waals surface area contributed by atoms with Crippen molar-refractivity contribution in [3.05, 3.63) is 48.4 Å². The van der Waals surface area contributed by atoms with Crippen LogP contribution in [0, 0.1) is 0 Å². The average Bonchev–Trinajstić information content (AvgIpc) is 2.62. The fourth-order valence-corrected chi connectivity index (χ4v) is 2.44. The van der Waals surface area contributed by atoms with Gasteiger partial charge in [0.2, 0.25) is 5.88 Å². The Morgan fingerprint density at radius 3 is 2.71 bits per heavy atom. The lowest BCUT2D eigenvalue weighted by molar-refractivity contribution is 0.402. The van der Waals surface area contributed by atoms with Crippen LogP contribution in [0.5, 0.6) is 11.9 Å². The van der Waals surface area contributed by atoms with Gasteiger partial charge in [0.15, 0.2) is 11.2 Å². The third-order valence-electron chi connectivity index (χ3n) is 3.50. The van der Waals surface area contributed by atoms with Crippen LogP contribution in [-0.4, -0.2) is 41.7 Å². The molecule has 0 fully saturated rings. The van der Waals surface area contributed by atoms with Crippen molar-refractivity contribution in [2.24, 2.45) is 0 Å². The lowest BCUT2D eigenvalue weighted by Crippen LogP contribution is -2.16. The Kier molecular flexibility index (Phi) is 3.27. The van der Waals surface area contributed by atoms with E-state index in [1.807, 2.05) is 24.3 Å². The van der Waals surface area contributed by atoms with E-state index in [1.54, 1.807) is 18.5 Å². The standard InChI is InChI=1S/C16H12N6O2/c23-15-13-14(21-16(24)22-15)20-11(9-4-3-6-17-8-9)12(19-13)10-5-1-2-7-18-10/h1-6,8,18H,7H2,(H2,20,21,22,23,24). The van der Waals surface area contributed by atoms with Gasteiger partial charge in [-0.15, -0.1) is 0 Å². The summed E-state index contributed by atoms with van der Waals surface area (Å²) in [5, 5.41) is 22.7. The van der Waals surface area contributed by atoms with Crippen LogP contribution in [0.1, 0.15) is 5.69 Å². The minimum atomic E-state index is -0.558. The van der Waals surface area contributed by atoms with E-state index in [4.69, 9.17) is 0 Å². The summed E-state index contributed by atoms with van der Waals surface area (Å²) in [6, 6.07) is 3.09. The van der Waals surface area contributed by atoms with E-state index in [-0.39, 0.29) is 11.2 Å². The zero-order valence-electron chi connectivity index (χ0n) is 12.4. The van der Waals surface area contributed by atoms with Gasteiger partial charge in [-0.3, -0.25) is 4.98 Å². The maximum Gasteiger partial charge on any atom is 0.319 e. The first-order valence-electron chi connectivity index (χ1n) is 7.21. The Morgan fingerprint density at radius 2 is 1.96 bits per heavy atom. The van der Waals surface area contributed by atoms with Crippen LogP contribution < -0.4 is 5.32 Å². The van der Waals surface area contributed by atoms with Gasteiger partial charge in [0.25, 0.3) is 0 Å². The molecule has 0 saturated carbocycles. The second-order valence-electron chi connectivity index (χ2n) is 5.07. The largest absolute Gasteiger partial charge is 0.492 e. The Bertz CT molecular complexity index is 985. The number of aromatic hydroxyl groups is 2. The van der Waals surface area contributed by atoms with Gasteiger partial charge in [0, 0.05) is 24.5 Å². The van der Waals surface area contributed by atoms with Crippen LogP contribution in [0.25, 0.3) is 28.1 Å². The van der Waals surface area contributed by atoms with Crippen molar-refractivity contribution in [1.82, 2.24) is 30.2 Å². The van der Waals surface area contributed by atoms with Crippen LogP contribution in [0.2, 0.25) is 0 Å². The molecule has 0 aromatic carbocycles. The van der Waals surface area contributed by atoms with Gasteiger partial charge in [-0.05, 0) is 18.2 Å². The second-order valence-corrected chi connectivity index (χ2v) is 5.07. The average molecular weight is 320 g/mol. The fourth-order valence-electron chi connectivity index (χ4n) is 2.44. The number of nitrogens with one attached hydrogen (secondary N) is 1. The first-order valence-corrected chi connectivity index (χ1v) is 7.21. The predicted octanol–water partition coefficient (Wildman–Crippen LogP) is 1.39. The molecule has 4 rings (SSSR count). The number of rotatable bonds is 2. The first kappa shape index (κ1) is 14.1. The number of hydrogen-bond donors (Lipinski definition) is 3. The van der Waals surface area contributed by atoms with Crippen LogP contribution in [0.4, 0.5) is 0 Å². The van der Waals surface area contributed by atoms with Crippen molar-refractivity contribution >= 4 is 16.9 Å². The summed E-state index contributed by atoms with van der Waals surface area (Å²) in [5.74, 6) is -0.420. The van der Waals surface area contributed by atoms with Gasteiger partial charge in [-0.25, -0.2) is 9.97 Å². The molecular weight excluding hydrogens is 308 g/mol. The van der Waals surface area contributed by atoms with E-state index in [0.29, 0.717) is 17.9 Å². The Morgan fingerprint density at radius 1 is 1.04 bits per heavy atom. The number of fused-ring (bicyclic) bond motifs is 1. The zero-order valence-corrected chi connectivity index (χ0v) is 12.4. The molecule has 8 nitrogen and oxygen atoms in total. The molecular formula is C16H12N6O2. The monoisotopic (exact) mass is 320 g/mol. The molecule has 3 aromatic heterocycles. The summed E-state index contributed by atoms with van der Waals surface area (Å²) in [6.07, 6.45) is 9.09.